The minimum absolute atomic E-state index is 0. The molecule has 0 radical (unpaired) electrons. The Morgan fingerprint density at radius 2 is 2.00 bits per heavy atom. The maximum absolute atomic E-state index is 12.0. The van der Waals surface area contributed by atoms with E-state index in [4.69, 9.17) is 4.74 Å². The topological polar surface area (TPSA) is 66.0 Å². The van der Waals surface area contributed by atoms with E-state index in [-0.39, 0.29) is 24.0 Å². The highest BCUT2D eigenvalue weighted by atomic mass is 127. The Morgan fingerprint density at radius 3 is 2.78 bits per heavy atom. The lowest BCUT2D eigenvalue weighted by Crippen LogP contribution is -2.39. The zero-order valence-electron chi connectivity index (χ0n) is 16.3. The van der Waals surface area contributed by atoms with Gasteiger partial charge in [-0.1, -0.05) is 24.6 Å². The van der Waals surface area contributed by atoms with Crippen LogP contribution in [0.3, 0.4) is 0 Å². The number of nitrogens with zero attached hydrogens (tertiary/aromatic N) is 2. The van der Waals surface area contributed by atoms with Crippen molar-refractivity contribution in [3.05, 3.63) is 30.3 Å². The first-order valence-electron chi connectivity index (χ1n) is 9.77. The van der Waals surface area contributed by atoms with Gasteiger partial charge in [-0.15, -0.1) is 24.0 Å². The molecule has 0 spiro atoms. The molecule has 0 aromatic heterocycles. The number of carbonyl (C=O) groups is 1. The van der Waals surface area contributed by atoms with Gasteiger partial charge in [0.05, 0.1) is 6.54 Å². The minimum atomic E-state index is 0. The molecular formula is C20H33IN4O2. The van der Waals surface area contributed by atoms with Crippen LogP contribution in [0.25, 0.3) is 0 Å². The van der Waals surface area contributed by atoms with Crippen LogP contribution in [0, 0.1) is 0 Å². The Labute approximate surface area is 180 Å². The highest BCUT2D eigenvalue weighted by molar-refractivity contribution is 14.0. The number of hydrogen-bond acceptors (Lipinski definition) is 3. The molecule has 0 saturated carbocycles. The molecule has 1 heterocycles. The van der Waals surface area contributed by atoms with Crippen molar-refractivity contribution >= 4 is 35.8 Å². The molecule has 1 aromatic rings. The SMILES string of the molecule is CCNC(=NCCCN1CCCCCC1=O)NCCOc1ccccc1.I. The fourth-order valence-corrected chi connectivity index (χ4v) is 2.92. The van der Waals surface area contributed by atoms with Gasteiger partial charge in [0.2, 0.25) is 5.91 Å². The quantitative estimate of drug-likeness (QED) is 0.243. The number of benzene rings is 1. The van der Waals surface area contributed by atoms with Gasteiger partial charge in [-0.25, -0.2) is 0 Å². The summed E-state index contributed by atoms with van der Waals surface area (Å²) in [5, 5.41) is 6.52. The number of nitrogens with one attached hydrogen (secondary N) is 2. The third-order valence-corrected chi connectivity index (χ3v) is 4.28. The maximum atomic E-state index is 12.0. The van der Waals surface area contributed by atoms with Gasteiger partial charge in [0.1, 0.15) is 12.4 Å². The summed E-state index contributed by atoms with van der Waals surface area (Å²) in [5.74, 6) is 1.97. The van der Waals surface area contributed by atoms with Crippen molar-refractivity contribution in [2.45, 2.75) is 39.0 Å². The van der Waals surface area contributed by atoms with Crippen LogP contribution in [-0.2, 0) is 4.79 Å². The van der Waals surface area contributed by atoms with Crippen molar-refractivity contribution in [2.24, 2.45) is 4.99 Å². The van der Waals surface area contributed by atoms with Crippen LogP contribution in [0.2, 0.25) is 0 Å². The lowest BCUT2D eigenvalue weighted by molar-refractivity contribution is -0.130. The van der Waals surface area contributed by atoms with Crippen molar-refractivity contribution in [1.82, 2.24) is 15.5 Å². The predicted octanol–water partition coefficient (Wildman–Crippen LogP) is 3.03. The summed E-state index contributed by atoms with van der Waals surface area (Å²) in [6, 6.07) is 9.79. The van der Waals surface area contributed by atoms with Gasteiger partial charge >= 0.3 is 0 Å². The van der Waals surface area contributed by atoms with Gasteiger partial charge < -0.3 is 20.3 Å². The zero-order chi connectivity index (χ0) is 18.5. The number of halogens is 1. The van der Waals surface area contributed by atoms with E-state index in [0.717, 1.165) is 50.6 Å². The Kier molecular flexibility index (Phi) is 12.7. The molecule has 1 saturated heterocycles. The molecule has 0 atom stereocenters. The molecule has 1 amide bonds. The molecule has 152 valence electrons. The highest BCUT2D eigenvalue weighted by Gasteiger charge is 2.15. The standard InChI is InChI=1S/C20H32N4O2.HI/c1-2-21-20(23-14-17-26-18-10-5-3-6-11-18)22-13-9-16-24-15-8-4-7-12-19(24)25;/h3,5-6,10-11H,2,4,7-9,12-17H2,1H3,(H2,21,22,23);1H. The number of carbonyl (C=O) groups excluding carboxylic acids is 1. The van der Waals surface area contributed by atoms with E-state index >= 15 is 0 Å². The largest absolute Gasteiger partial charge is 0.492 e. The van der Waals surface area contributed by atoms with Crippen LogP contribution < -0.4 is 15.4 Å². The average molecular weight is 488 g/mol. The second-order valence-corrected chi connectivity index (χ2v) is 6.39. The van der Waals surface area contributed by atoms with Crippen molar-refractivity contribution in [2.75, 3.05) is 39.3 Å². The summed E-state index contributed by atoms with van der Waals surface area (Å²) < 4.78 is 5.67. The lowest BCUT2D eigenvalue weighted by Gasteiger charge is -2.20. The number of aliphatic imine (C=N–C) groups is 1. The molecule has 7 heteroatoms. The summed E-state index contributed by atoms with van der Waals surface area (Å²) >= 11 is 0. The number of guanidine groups is 1. The Bertz CT molecular complexity index is 554. The Morgan fingerprint density at radius 1 is 1.19 bits per heavy atom. The van der Waals surface area contributed by atoms with Crippen molar-refractivity contribution in [1.29, 1.82) is 0 Å². The molecule has 0 unspecified atom stereocenters. The normalized spacial score (nSPS) is 14.9. The van der Waals surface area contributed by atoms with Gasteiger partial charge in [-0.05, 0) is 38.3 Å². The van der Waals surface area contributed by atoms with Crippen LogP contribution in [-0.4, -0.2) is 56.1 Å². The molecule has 1 fully saturated rings. The van der Waals surface area contributed by atoms with Crippen LogP contribution in [0.5, 0.6) is 5.75 Å². The number of ether oxygens (including phenoxy) is 1. The second-order valence-electron chi connectivity index (χ2n) is 6.39. The molecule has 2 rings (SSSR count). The second kappa shape index (κ2) is 14.5. The molecule has 27 heavy (non-hydrogen) atoms. The van der Waals surface area contributed by atoms with Gasteiger partial charge in [-0.3, -0.25) is 9.79 Å². The zero-order valence-corrected chi connectivity index (χ0v) is 18.6. The molecule has 1 aromatic carbocycles. The van der Waals surface area contributed by atoms with Gasteiger partial charge in [0.15, 0.2) is 5.96 Å². The van der Waals surface area contributed by atoms with E-state index < -0.39 is 0 Å². The van der Waals surface area contributed by atoms with Crippen LogP contribution in [0.15, 0.2) is 35.3 Å². The molecule has 0 bridgehead atoms. The first-order valence-corrected chi connectivity index (χ1v) is 9.77. The Hall–Kier alpha value is -1.51. The van der Waals surface area contributed by atoms with E-state index in [1.54, 1.807) is 0 Å². The number of para-hydroxylation sites is 1. The van der Waals surface area contributed by atoms with Crippen molar-refractivity contribution in [3.8, 4) is 5.75 Å². The summed E-state index contributed by atoms with van der Waals surface area (Å²) in [7, 11) is 0. The Balaban J connectivity index is 0.00000364. The van der Waals surface area contributed by atoms with E-state index in [9.17, 15) is 4.79 Å². The molecule has 1 aliphatic heterocycles. The molecule has 2 N–H and O–H groups in total. The van der Waals surface area contributed by atoms with Gasteiger partial charge in [-0.2, -0.15) is 0 Å². The third kappa shape index (κ3) is 9.83. The van der Waals surface area contributed by atoms with Crippen LogP contribution >= 0.6 is 24.0 Å². The first kappa shape index (κ1) is 23.5. The van der Waals surface area contributed by atoms with Gasteiger partial charge in [0, 0.05) is 32.6 Å². The van der Waals surface area contributed by atoms with Crippen LogP contribution in [0.1, 0.15) is 39.0 Å². The maximum Gasteiger partial charge on any atom is 0.222 e. The van der Waals surface area contributed by atoms with Gasteiger partial charge in [0.25, 0.3) is 0 Å². The average Bonchev–Trinajstić information content (AvgIpc) is 2.87. The fraction of sp³-hybridized carbons (Fsp3) is 0.600. The first-order chi connectivity index (χ1) is 12.8. The van der Waals surface area contributed by atoms with E-state index in [2.05, 4.69) is 15.6 Å². The summed E-state index contributed by atoms with van der Waals surface area (Å²) in [6.07, 6.45) is 4.92. The van der Waals surface area contributed by atoms with E-state index in [1.807, 2.05) is 42.2 Å². The smallest absolute Gasteiger partial charge is 0.222 e. The third-order valence-electron chi connectivity index (χ3n) is 4.28. The van der Waals surface area contributed by atoms with E-state index in [1.165, 1.54) is 6.42 Å². The number of rotatable bonds is 9. The van der Waals surface area contributed by atoms with E-state index in [0.29, 0.717) is 32.0 Å². The molecular weight excluding hydrogens is 455 g/mol. The molecule has 0 aliphatic carbocycles. The number of likely N-dealkylation sites (tertiary alicyclic amines) is 1. The summed E-state index contributed by atoms with van der Waals surface area (Å²) in [5.41, 5.74) is 0. The summed E-state index contributed by atoms with van der Waals surface area (Å²) in [4.78, 5) is 18.6. The predicted molar refractivity (Wildman–Crippen MR) is 121 cm³/mol. The summed E-state index contributed by atoms with van der Waals surface area (Å²) in [6.45, 7) is 6.54. The van der Waals surface area contributed by atoms with Crippen LogP contribution in [0.4, 0.5) is 0 Å². The molecule has 1 aliphatic rings. The minimum Gasteiger partial charge on any atom is -0.492 e. The fourth-order valence-electron chi connectivity index (χ4n) is 2.92. The lowest BCUT2D eigenvalue weighted by atomic mass is 10.2. The van der Waals surface area contributed by atoms with Crippen molar-refractivity contribution < 1.29 is 9.53 Å². The number of hydrogen-bond donors (Lipinski definition) is 2. The molecule has 6 nitrogen and oxygen atoms in total. The van der Waals surface area contributed by atoms with Crippen molar-refractivity contribution in [3.63, 3.8) is 0 Å². The highest BCUT2D eigenvalue weighted by Crippen LogP contribution is 2.11. The monoisotopic (exact) mass is 488 g/mol. The number of amides is 1.